The van der Waals surface area contributed by atoms with E-state index in [2.05, 4.69) is 27.7 Å². The van der Waals surface area contributed by atoms with E-state index in [9.17, 15) is 28.8 Å². The average Bonchev–Trinajstić information content (AvgIpc) is 3.36. The lowest BCUT2D eigenvalue weighted by Gasteiger charge is -2.32. The maximum atomic E-state index is 14.1. The molecule has 0 aliphatic heterocycles. The fourth-order valence-electron chi connectivity index (χ4n) is 9.58. The number of hydrogen-bond acceptors (Lipinski definition) is 12. The van der Waals surface area contributed by atoms with Gasteiger partial charge in [-0.15, -0.1) is 0 Å². The van der Waals surface area contributed by atoms with Crippen LogP contribution in [0.2, 0.25) is 0 Å². The molecule has 0 bridgehead atoms. The molecule has 0 radical (unpaired) electrons. The second-order valence-corrected chi connectivity index (χ2v) is 20.3. The van der Waals surface area contributed by atoms with E-state index in [0.717, 1.165) is 148 Å². The third-order valence-corrected chi connectivity index (χ3v) is 14.2. The molecule has 408 valence electrons. The largest absolute Gasteiger partial charge is 0.469 e. The molecule has 1 fully saturated rings. The number of ether oxygens (including phenoxy) is 6. The van der Waals surface area contributed by atoms with E-state index >= 15 is 0 Å². The quantitative estimate of drug-likeness (QED) is 0.0323. The van der Waals surface area contributed by atoms with Crippen LogP contribution in [0.25, 0.3) is 0 Å². The molecule has 0 aromatic heterocycles. The van der Waals surface area contributed by atoms with Gasteiger partial charge in [0.2, 0.25) is 0 Å². The van der Waals surface area contributed by atoms with Gasteiger partial charge in [0, 0.05) is 25.7 Å². The molecule has 1 aliphatic carbocycles. The standard InChI is InChI=1S/C58H104O12/c1-7-11-15-17-21-29-35-49(67-55(61)41-27-13-9-3)52(38-32-24-20-26-34-40-54(60)66-6)70-58(64)48-45-43-47(44-46-48)57(63)69-51(37-31-22-18-16-12-8-2)50(68-56(62)42-28-14-10-4)36-30-23-19-25-33-39-53(59)65-5/h47-52H,7-46H2,1-6H3. The summed E-state index contributed by atoms with van der Waals surface area (Å²) >= 11 is 0. The molecule has 0 N–H and O–H groups in total. The SMILES string of the molecule is CCCCCCCCC(OC(=O)CCCCC)C(CCCCCCCC(=O)OC)OC(=O)C1CCC(C(=O)OC(CCCCCCCC)C(CCCCCCCC(=O)OC)OC(=O)CCCCC)CC1. The van der Waals surface area contributed by atoms with Crippen LogP contribution in [0.5, 0.6) is 0 Å². The van der Waals surface area contributed by atoms with E-state index in [1.54, 1.807) is 0 Å². The first-order valence-electron chi connectivity index (χ1n) is 29.0. The molecule has 0 saturated heterocycles. The molecule has 4 atom stereocenters. The Morgan fingerprint density at radius 3 is 0.843 bits per heavy atom. The van der Waals surface area contributed by atoms with Crippen LogP contribution < -0.4 is 0 Å². The summed E-state index contributed by atoms with van der Waals surface area (Å²) in [7, 11) is 2.82. The lowest BCUT2D eigenvalue weighted by molar-refractivity contribution is -0.176. The fraction of sp³-hybridized carbons (Fsp3) is 0.897. The molecule has 0 aromatic rings. The Morgan fingerprint density at radius 2 is 0.543 bits per heavy atom. The van der Waals surface area contributed by atoms with E-state index in [-0.39, 0.29) is 47.7 Å². The van der Waals surface area contributed by atoms with Crippen LogP contribution in [0.15, 0.2) is 0 Å². The molecule has 1 rings (SSSR count). The Bertz CT molecular complexity index is 1340. The highest BCUT2D eigenvalue weighted by atomic mass is 16.6. The van der Waals surface area contributed by atoms with E-state index in [0.29, 0.717) is 77.0 Å². The first-order valence-corrected chi connectivity index (χ1v) is 29.0. The zero-order valence-electron chi connectivity index (χ0n) is 45.6. The third kappa shape index (κ3) is 33.5. The van der Waals surface area contributed by atoms with Gasteiger partial charge in [-0.05, 0) is 103 Å². The maximum absolute atomic E-state index is 14.1. The number of carbonyl (C=O) groups is 6. The van der Waals surface area contributed by atoms with Crippen molar-refractivity contribution in [2.45, 2.75) is 309 Å². The van der Waals surface area contributed by atoms with Crippen LogP contribution >= 0.6 is 0 Å². The highest BCUT2D eigenvalue weighted by molar-refractivity contribution is 5.76. The van der Waals surface area contributed by atoms with Crippen molar-refractivity contribution in [3.8, 4) is 0 Å². The molecule has 1 saturated carbocycles. The summed E-state index contributed by atoms with van der Waals surface area (Å²) in [5.41, 5.74) is 0. The Labute approximate surface area is 426 Å². The van der Waals surface area contributed by atoms with Crippen LogP contribution in [-0.4, -0.2) is 74.5 Å². The van der Waals surface area contributed by atoms with Crippen molar-refractivity contribution in [1.29, 1.82) is 0 Å². The van der Waals surface area contributed by atoms with Crippen molar-refractivity contribution in [2.24, 2.45) is 11.8 Å². The smallest absolute Gasteiger partial charge is 0.309 e. The van der Waals surface area contributed by atoms with Gasteiger partial charge < -0.3 is 28.4 Å². The Morgan fingerprint density at radius 1 is 0.314 bits per heavy atom. The van der Waals surface area contributed by atoms with Crippen molar-refractivity contribution >= 4 is 35.8 Å². The molecule has 12 heteroatoms. The van der Waals surface area contributed by atoms with Gasteiger partial charge >= 0.3 is 35.8 Å². The molecule has 1 aliphatic rings. The second-order valence-electron chi connectivity index (χ2n) is 20.3. The average molecular weight is 993 g/mol. The highest BCUT2D eigenvalue weighted by Crippen LogP contribution is 2.33. The summed E-state index contributed by atoms with van der Waals surface area (Å²) < 4.78 is 34.8. The summed E-state index contributed by atoms with van der Waals surface area (Å²) in [4.78, 5) is 77.8. The molecular weight excluding hydrogens is 889 g/mol. The predicted molar refractivity (Wildman–Crippen MR) is 278 cm³/mol. The summed E-state index contributed by atoms with van der Waals surface area (Å²) in [6.07, 6.45) is 31.1. The van der Waals surface area contributed by atoms with E-state index in [1.165, 1.54) is 46.3 Å². The summed E-state index contributed by atoms with van der Waals surface area (Å²) in [6, 6.07) is 0. The van der Waals surface area contributed by atoms with Crippen molar-refractivity contribution in [1.82, 2.24) is 0 Å². The van der Waals surface area contributed by atoms with Crippen LogP contribution in [0.1, 0.15) is 285 Å². The number of esters is 6. The van der Waals surface area contributed by atoms with E-state index in [1.807, 2.05) is 0 Å². The zero-order valence-corrected chi connectivity index (χ0v) is 45.6. The van der Waals surface area contributed by atoms with Gasteiger partial charge in [0.05, 0.1) is 26.1 Å². The number of unbranched alkanes of at least 4 members (excludes halogenated alkanes) is 22. The highest BCUT2D eigenvalue weighted by Gasteiger charge is 2.37. The molecule has 0 spiro atoms. The third-order valence-electron chi connectivity index (χ3n) is 14.2. The van der Waals surface area contributed by atoms with Gasteiger partial charge in [-0.1, -0.05) is 156 Å². The molecule has 0 heterocycles. The number of carbonyl (C=O) groups excluding carboxylic acids is 6. The van der Waals surface area contributed by atoms with Gasteiger partial charge in [0.15, 0.2) is 0 Å². The summed E-state index contributed by atoms with van der Waals surface area (Å²) in [5, 5.41) is 0. The minimum Gasteiger partial charge on any atom is -0.469 e. The maximum Gasteiger partial charge on any atom is 0.309 e. The summed E-state index contributed by atoms with van der Waals surface area (Å²) in [6.45, 7) is 8.62. The van der Waals surface area contributed by atoms with Gasteiger partial charge in [-0.25, -0.2) is 0 Å². The minimum absolute atomic E-state index is 0.194. The lowest BCUT2D eigenvalue weighted by Crippen LogP contribution is -2.39. The van der Waals surface area contributed by atoms with Crippen molar-refractivity contribution in [3.63, 3.8) is 0 Å². The van der Waals surface area contributed by atoms with Crippen molar-refractivity contribution in [3.05, 3.63) is 0 Å². The Balaban J connectivity index is 3.16. The van der Waals surface area contributed by atoms with Gasteiger partial charge in [0.25, 0.3) is 0 Å². The van der Waals surface area contributed by atoms with Crippen LogP contribution in [-0.2, 0) is 57.2 Å². The number of rotatable bonds is 46. The normalized spacial score (nSPS) is 16.4. The first-order chi connectivity index (χ1) is 34.0. The molecule has 0 amide bonds. The number of hydrogen-bond donors (Lipinski definition) is 0. The minimum atomic E-state index is -0.555. The Hall–Kier alpha value is -3.18. The van der Waals surface area contributed by atoms with Crippen LogP contribution in [0.4, 0.5) is 0 Å². The first kappa shape index (κ1) is 64.8. The monoisotopic (exact) mass is 993 g/mol. The van der Waals surface area contributed by atoms with Crippen LogP contribution in [0, 0.1) is 11.8 Å². The molecule has 0 aromatic carbocycles. The van der Waals surface area contributed by atoms with Gasteiger partial charge in [0.1, 0.15) is 24.4 Å². The van der Waals surface area contributed by atoms with E-state index < -0.39 is 24.4 Å². The van der Waals surface area contributed by atoms with Gasteiger partial charge in [-0.3, -0.25) is 28.8 Å². The van der Waals surface area contributed by atoms with Crippen molar-refractivity contribution in [2.75, 3.05) is 14.2 Å². The topological polar surface area (TPSA) is 158 Å². The predicted octanol–water partition coefficient (Wildman–Crippen LogP) is 14.9. The molecular formula is C58H104O12. The molecule has 12 nitrogen and oxygen atoms in total. The lowest BCUT2D eigenvalue weighted by atomic mass is 9.82. The molecule has 4 unspecified atom stereocenters. The summed E-state index contributed by atoms with van der Waals surface area (Å²) in [5.74, 6) is -2.17. The fourth-order valence-corrected chi connectivity index (χ4v) is 9.58. The number of methoxy groups -OCH3 is 2. The molecule has 70 heavy (non-hydrogen) atoms. The van der Waals surface area contributed by atoms with Crippen molar-refractivity contribution < 1.29 is 57.2 Å². The Kier molecular flexibility index (Phi) is 41.2. The van der Waals surface area contributed by atoms with E-state index in [4.69, 9.17) is 28.4 Å². The second kappa shape index (κ2) is 44.5. The zero-order chi connectivity index (χ0) is 51.5. The van der Waals surface area contributed by atoms with Crippen LogP contribution in [0.3, 0.4) is 0 Å². The van der Waals surface area contributed by atoms with Gasteiger partial charge in [-0.2, -0.15) is 0 Å².